The number of fused-ring (bicyclic) bond motifs is 3. The van der Waals surface area contributed by atoms with Gasteiger partial charge in [0.15, 0.2) is 0 Å². The molecule has 5 nitrogen and oxygen atoms in total. The summed E-state index contributed by atoms with van der Waals surface area (Å²) in [6.07, 6.45) is 3.76. The van der Waals surface area contributed by atoms with Crippen LogP contribution in [0.15, 0.2) is 30.3 Å². The molecule has 124 valence electrons. The summed E-state index contributed by atoms with van der Waals surface area (Å²) in [5.41, 5.74) is 1.16. The Morgan fingerprint density at radius 1 is 1.22 bits per heavy atom. The van der Waals surface area contributed by atoms with Gasteiger partial charge < -0.3 is 9.47 Å². The lowest BCUT2D eigenvalue weighted by molar-refractivity contribution is -0.196. The molecule has 0 aromatic heterocycles. The predicted molar refractivity (Wildman–Crippen MR) is 83.3 cm³/mol. The number of esters is 1. The summed E-state index contributed by atoms with van der Waals surface area (Å²) in [4.78, 5) is 18.2. The minimum absolute atomic E-state index is 0.0857. The number of cyclic esters (lactones) is 1. The SMILES string of the molecule is O=C1O[C@@H](CCOCc2ccccc2)[C@@H]2ON3CCCC[C@@H]3[C@H]12. The van der Waals surface area contributed by atoms with E-state index in [0.29, 0.717) is 19.6 Å². The quantitative estimate of drug-likeness (QED) is 0.616. The minimum Gasteiger partial charge on any atom is -0.459 e. The number of piperidine rings is 1. The van der Waals surface area contributed by atoms with Crippen molar-refractivity contribution < 1.29 is 19.1 Å². The van der Waals surface area contributed by atoms with E-state index in [4.69, 9.17) is 14.3 Å². The molecule has 0 amide bonds. The van der Waals surface area contributed by atoms with Gasteiger partial charge in [-0.1, -0.05) is 36.8 Å². The fourth-order valence-electron chi connectivity index (χ4n) is 3.93. The monoisotopic (exact) mass is 317 g/mol. The average Bonchev–Trinajstić information content (AvgIpc) is 3.11. The van der Waals surface area contributed by atoms with Crippen molar-refractivity contribution in [3.05, 3.63) is 35.9 Å². The van der Waals surface area contributed by atoms with Crippen LogP contribution in [0.5, 0.6) is 0 Å². The number of hydrogen-bond acceptors (Lipinski definition) is 5. The average molecular weight is 317 g/mol. The van der Waals surface area contributed by atoms with Crippen LogP contribution in [-0.2, 0) is 25.7 Å². The molecule has 23 heavy (non-hydrogen) atoms. The van der Waals surface area contributed by atoms with Gasteiger partial charge in [0.25, 0.3) is 0 Å². The van der Waals surface area contributed by atoms with Crippen LogP contribution in [0.1, 0.15) is 31.2 Å². The van der Waals surface area contributed by atoms with E-state index in [1.54, 1.807) is 0 Å². The zero-order valence-corrected chi connectivity index (χ0v) is 13.2. The molecule has 3 saturated heterocycles. The molecule has 4 rings (SSSR count). The highest BCUT2D eigenvalue weighted by molar-refractivity contribution is 5.77. The lowest BCUT2D eigenvalue weighted by Gasteiger charge is -2.29. The summed E-state index contributed by atoms with van der Waals surface area (Å²) >= 11 is 0. The van der Waals surface area contributed by atoms with Crippen molar-refractivity contribution in [1.82, 2.24) is 5.06 Å². The van der Waals surface area contributed by atoms with Crippen LogP contribution in [0.25, 0.3) is 0 Å². The molecule has 4 atom stereocenters. The first kappa shape index (κ1) is 15.1. The summed E-state index contributed by atoms with van der Waals surface area (Å²) in [6.45, 7) is 2.09. The molecule has 3 fully saturated rings. The van der Waals surface area contributed by atoms with Crippen molar-refractivity contribution in [1.29, 1.82) is 0 Å². The standard InChI is InChI=1S/C18H23NO4/c20-18-16-14-8-4-5-10-19(14)23-17(16)15(22-18)9-11-21-12-13-6-2-1-3-7-13/h1-3,6-7,14-17H,4-5,8-12H2/t14-,15+,16+,17+/m1/s1. The molecule has 3 heterocycles. The van der Waals surface area contributed by atoms with E-state index in [0.717, 1.165) is 24.9 Å². The van der Waals surface area contributed by atoms with Gasteiger partial charge in [-0.25, -0.2) is 0 Å². The highest BCUT2D eigenvalue weighted by atomic mass is 16.7. The van der Waals surface area contributed by atoms with Crippen LogP contribution in [0.3, 0.4) is 0 Å². The van der Waals surface area contributed by atoms with Crippen molar-refractivity contribution in [2.45, 2.75) is 50.5 Å². The second kappa shape index (κ2) is 6.59. The van der Waals surface area contributed by atoms with Crippen LogP contribution in [-0.4, -0.2) is 42.4 Å². The molecule has 1 aromatic rings. The van der Waals surface area contributed by atoms with Gasteiger partial charge in [0.1, 0.15) is 18.1 Å². The van der Waals surface area contributed by atoms with Crippen LogP contribution >= 0.6 is 0 Å². The Kier molecular flexibility index (Phi) is 4.33. The smallest absolute Gasteiger partial charge is 0.313 e. The van der Waals surface area contributed by atoms with Crippen LogP contribution in [0.4, 0.5) is 0 Å². The Morgan fingerprint density at radius 2 is 2.09 bits per heavy atom. The summed E-state index contributed by atoms with van der Waals surface area (Å²) < 4.78 is 11.3. The molecular formula is C18H23NO4. The Labute approximate surface area is 136 Å². The molecule has 0 spiro atoms. The first-order chi connectivity index (χ1) is 11.3. The van der Waals surface area contributed by atoms with Gasteiger partial charge in [-0.2, -0.15) is 5.06 Å². The summed E-state index contributed by atoms with van der Waals surface area (Å²) in [6, 6.07) is 10.3. The minimum atomic E-state index is -0.172. The number of ether oxygens (including phenoxy) is 2. The van der Waals surface area contributed by atoms with Gasteiger partial charge in [0.2, 0.25) is 0 Å². The number of benzene rings is 1. The van der Waals surface area contributed by atoms with Crippen LogP contribution in [0, 0.1) is 5.92 Å². The number of rotatable bonds is 5. The van der Waals surface area contributed by atoms with Crippen molar-refractivity contribution in [3.8, 4) is 0 Å². The van der Waals surface area contributed by atoms with Crippen molar-refractivity contribution in [3.63, 3.8) is 0 Å². The highest BCUT2D eigenvalue weighted by Crippen LogP contribution is 2.41. The first-order valence-corrected chi connectivity index (χ1v) is 8.58. The zero-order valence-electron chi connectivity index (χ0n) is 13.2. The highest BCUT2D eigenvalue weighted by Gasteiger charge is 2.57. The maximum atomic E-state index is 12.2. The Hall–Kier alpha value is -1.43. The van der Waals surface area contributed by atoms with E-state index in [1.807, 2.05) is 35.4 Å². The molecule has 3 aliphatic heterocycles. The van der Waals surface area contributed by atoms with E-state index in [-0.39, 0.29) is 30.1 Å². The Balaban J connectivity index is 1.29. The van der Waals surface area contributed by atoms with E-state index < -0.39 is 0 Å². The molecule has 0 saturated carbocycles. The number of carbonyl (C=O) groups excluding carboxylic acids is 1. The van der Waals surface area contributed by atoms with E-state index in [1.165, 1.54) is 6.42 Å². The largest absolute Gasteiger partial charge is 0.459 e. The second-order valence-corrected chi connectivity index (χ2v) is 6.60. The Bertz CT molecular complexity index is 549. The fourth-order valence-corrected chi connectivity index (χ4v) is 3.93. The molecule has 3 aliphatic rings. The predicted octanol–water partition coefficient (Wildman–Crippen LogP) is 2.30. The molecule has 0 bridgehead atoms. The van der Waals surface area contributed by atoms with Crippen LogP contribution in [0.2, 0.25) is 0 Å². The van der Waals surface area contributed by atoms with Crippen molar-refractivity contribution >= 4 is 5.97 Å². The van der Waals surface area contributed by atoms with E-state index in [2.05, 4.69) is 0 Å². The zero-order chi connectivity index (χ0) is 15.6. The molecule has 1 aromatic carbocycles. The third-order valence-corrected chi connectivity index (χ3v) is 5.09. The number of hydroxylamine groups is 2. The summed E-state index contributed by atoms with van der Waals surface area (Å²) in [5, 5.41) is 2.02. The number of carbonyl (C=O) groups is 1. The lowest BCUT2D eigenvalue weighted by atomic mass is 9.88. The molecule has 0 aliphatic carbocycles. The normalized spacial score (nSPS) is 33.3. The van der Waals surface area contributed by atoms with Gasteiger partial charge in [-0.3, -0.25) is 9.63 Å². The van der Waals surface area contributed by atoms with Gasteiger partial charge in [-0.15, -0.1) is 0 Å². The van der Waals surface area contributed by atoms with Crippen molar-refractivity contribution in [2.24, 2.45) is 5.92 Å². The first-order valence-electron chi connectivity index (χ1n) is 8.58. The van der Waals surface area contributed by atoms with Crippen LogP contribution < -0.4 is 0 Å². The van der Waals surface area contributed by atoms with E-state index in [9.17, 15) is 4.79 Å². The van der Waals surface area contributed by atoms with Crippen molar-refractivity contribution in [2.75, 3.05) is 13.2 Å². The third kappa shape index (κ3) is 3.01. The lowest BCUT2D eigenvalue weighted by Crippen LogP contribution is -2.38. The number of hydrogen-bond donors (Lipinski definition) is 0. The fraction of sp³-hybridized carbons (Fsp3) is 0.611. The molecular weight excluding hydrogens is 294 g/mol. The molecule has 0 unspecified atom stereocenters. The maximum Gasteiger partial charge on any atom is 0.313 e. The van der Waals surface area contributed by atoms with E-state index >= 15 is 0 Å². The van der Waals surface area contributed by atoms with Gasteiger partial charge in [0, 0.05) is 13.0 Å². The van der Waals surface area contributed by atoms with Gasteiger partial charge >= 0.3 is 5.97 Å². The second-order valence-electron chi connectivity index (χ2n) is 6.60. The topological polar surface area (TPSA) is 48.0 Å². The number of nitrogens with zero attached hydrogens (tertiary/aromatic N) is 1. The van der Waals surface area contributed by atoms with Gasteiger partial charge in [-0.05, 0) is 18.4 Å². The Morgan fingerprint density at radius 3 is 2.96 bits per heavy atom. The third-order valence-electron chi connectivity index (χ3n) is 5.09. The summed E-state index contributed by atoms with van der Waals surface area (Å²) in [5.74, 6) is -0.188. The molecule has 0 radical (unpaired) electrons. The summed E-state index contributed by atoms with van der Waals surface area (Å²) in [7, 11) is 0. The van der Waals surface area contributed by atoms with Gasteiger partial charge in [0.05, 0.1) is 19.3 Å². The maximum absolute atomic E-state index is 12.2. The molecule has 5 heteroatoms. The molecule has 0 N–H and O–H groups in total.